The van der Waals surface area contributed by atoms with E-state index in [9.17, 15) is 9.59 Å². The Kier molecular flexibility index (Phi) is 4.46. The Morgan fingerprint density at radius 1 is 1.14 bits per heavy atom. The van der Waals surface area contributed by atoms with Crippen LogP contribution >= 0.6 is 0 Å². The molecule has 1 unspecified atom stereocenters. The molecule has 2 fully saturated rings. The maximum Gasteiger partial charge on any atom is 0.232 e. The largest absolute Gasteiger partial charge is 0.339 e. The fourth-order valence-electron chi connectivity index (χ4n) is 3.70. The first-order chi connectivity index (χ1) is 10.7. The molecule has 1 heterocycles. The fourth-order valence-corrected chi connectivity index (χ4v) is 3.70. The molecule has 4 heteroatoms. The number of carbonyl (C=O) groups excluding carboxylic acids is 2. The molecule has 3 rings (SSSR count). The van der Waals surface area contributed by atoms with Gasteiger partial charge in [-0.15, -0.1) is 0 Å². The Labute approximate surface area is 132 Å². The average molecular weight is 300 g/mol. The number of amides is 2. The van der Waals surface area contributed by atoms with Gasteiger partial charge >= 0.3 is 0 Å². The molecule has 22 heavy (non-hydrogen) atoms. The van der Waals surface area contributed by atoms with Crippen molar-refractivity contribution in [3.63, 3.8) is 0 Å². The van der Waals surface area contributed by atoms with Crippen molar-refractivity contribution in [2.75, 3.05) is 18.5 Å². The van der Waals surface area contributed by atoms with E-state index < -0.39 is 0 Å². The van der Waals surface area contributed by atoms with Gasteiger partial charge in [0.2, 0.25) is 11.8 Å². The van der Waals surface area contributed by atoms with Gasteiger partial charge in [-0.05, 0) is 25.0 Å². The molecule has 0 spiro atoms. The lowest BCUT2D eigenvalue weighted by molar-refractivity contribution is -0.130. The third-order valence-electron chi connectivity index (χ3n) is 5.00. The molecule has 0 bridgehead atoms. The minimum atomic E-state index is -0.195. The summed E-state index contributed by atoms with van der Waals surface area (Å²) in [7, 11) is 1.80. The fraction of sp³-hybridized carbons (Fsp3) is 0.556. The van der Waals surface area contributed by atoms with Crippen LogP contribution in [0.5, 0.6) is 0 Å². The van der Waals surface area contributed by atoms with Crippen molar-refractivity contribution in [3.05, 3.63) is 30.3 Å². The first-order valence-corrected chi connectivity index (χ1v) is 8.29. The molecular weight excluding hydrogens is 276 g/mol. The van der Waals surface area contributed by atoms with Gasteiger partial charge in [0, 0.05) is 31.7 Å². The Balaban J connectivity index is 1.66. The maximum atomic E-state index is 12.7. The summed E-state index contributed by atoms with van der Waals surface area (Å²) in [4.78, 5) is 28.6. The van der Waals surface area contributed by atoms with Gasteiger partial charge in [-0.2, -0.15) is 0 Å². The molecule has 0 radical (unpaired) electrons. The van der Waals surface area contributed by atoms with Crippen LogP contribution in [0.15, 0.2) is 30.3 Å². The number of para-hydroxylation sites is 1. The molecule has 1 aromatic rings. The van der Waals surface area contributed by atoms with Crippen molar-refractivity contribution < 1.29 is 9.59 Å². The zero-order valence-corrected chi connectivity index (χ0v) is 13.2. The van der Waals surface area contributed by atoms with E-state index in [2.05, 4.69) is 0 Å². The van der Waals surface area contributed by atoms with Gasteiger partial charge in [-0.3, -0.25) is 9.59 Å². The Hall–Kier alpha value is -1.84. The van der Waals surface area contributed by atoms with Gasteiger partial charge in [0.05, 0.1) is 5.92 Å². The first kappa shape index (κ1) is 15.1. The second kappa shape index (κ2) is 6.51. The molecule has 1 aromatic carbocycles. The predicted molar refractivity (Wildman–Crippen MR) is 86.5 cm³/mol. The van der Waals surface area contributed by atoms with Gasteiger partial charge in [-0.25, -0.2) is 0 Å². The number of hydrogen-bond donors (Lipinski definition) is 0. The van der Waals surface area contributed by atoms with Crippen molar-refractivity contribution in [1.29, 1.82) is 0 Å². The van der Waals surface area contributed by atoms with Crippen LogP contribution in [0.2, 0.25) is 0 Å². The smallest absolute Gasteiger partial charge is 0.232 e. The third-order valence-corrected chi connectivity index (χ3v) is 5.00. The van der Waals surface area contributed by atoms with E-state index in [4.69, 9.17) is 0 Å². The van der Waals surface area contributed by atoms with Crippen LogP contribution < -0.4 is 4.90 Å². The van der Waals surface area contributed by atoms with E-state index in [0.717, 1.165) is 18.5 Å². The lowest BCUT2D eigenvalue weighted by atomic mass is 9.94. The highest BCUT2D eigenvalue weighted by Gasteiger charge is 2.39. The first-order valence-electron chi connectivity index (χ1n) is 8.29. The van der Waals surface area contributed by atoms with E-state index in [0.29, 0.717) is 19.0 Å². The third kappa shape index (κ3) is 3.01. The quantitative estimate of drug-likeness (QED) is 0.861. The van der Waals surface area contributed by atoms with E-state index in [1.807, 2.05) is 35.2 Å². The second-order valence-electron chi connectivity index (χ2n) is 6.47. The molecule has 1 saturated carbocycles. The monoisotopic (exact) mass is 300 g/mol. The number of hydrogen-bond acceptors (Lipinski definition) is 2. The molecule has 1 saturated heterocycles. The van der Waals surface area contributed by atoms with Gasteiger partial charge in [-0.1, -0.05) is 37.5 Å². The standard InChI is InChI=1S/C18H24N2O2/c1-19(15-8-4-2-5-9-15)18(22)14-12-17(21)20(13-14)16-10-6-3-7-11-16/h2,4-5,8-9,14,16H,3,6-7,10-13H2,1H3. The number of rotatable bonds is 3. The summed E-state index contributed by atoms with van der Waals surface area (Å²) in [6, 6.07) is 9.99. The molecule has 1 aliphatic carbocycles. The lowest BCUT2D eigenvalue weighted by Gasteiger charge is -2.31. The minimum Gasteiger partial charge on any atom is -0.339 e. The van der Waals surface area contributed by atoms with Crippen molar-refractivity contribution in [1.82, 2.24) is 4.90 Å². The molecule has 118 valence electrons. The van der Waals surface area contributed by atoms with Crippen LogP contribution in [-0.2, 0) is 9.59 Å². The summed E-state index contributed by atoms with van der Waals surface area (Å²) in [5.41, 5.74) is 0.885. The number of benzene rings is 1. The Bertz CT molecular complexity index is 537. The van der Waals surface area contributed by atoms with Gasteiger partial charge in [0.25, 0.3) is 0 Å². The van der Waals surface area contributed by atoms with Crippen molar-refractivity contribution in [2.45, 2.75) is 44.6 Å². The Morgan fingerprint density at radius 3 is 2.50 bits per heavy atom. The van der Waals surface area contributed by atoms with Crippen LogP contribution in [0.1, 0.15) is 38.5 Å². The summed E-state index contributed by atoms with van der Waals surface area (Å²) in [5.74, 6) is 0.0178. The number of carbonyl (C=O) groups is 2. The zero-order valence-electron chi connectivity index (χ0n) is 13.2. The van der Waals surface area contributed by atoms with E-state index in [1.165, 1.54) is 19.3 Å². The molecule has 1 atom stereocenters. The molecule has 1 aliphatic heterocycles. The minimum absolute atomic E-state index is 0.0536. The lowest BCUT2D eigenvalue weighted by Crippen LogP contribution is -2.39. The topological polar surface area (TPSA) is 40.6 Å². The Morgan fingerprint density at radius 2 is 1.82 bits per heavy atom. The summed E-state index contributed by atoms with van der Waals surface area (Å²) in [6.07, 6.45) is 6.25. The number of anilines is 1. The summed E-state index contributed by atoms with van der Waals surface area (Å²) in [6.45, 7) is 0.597. The van der Waals surface area contributed by atoms with E-state index in [1.54, 1.807) is 11.9 Å². The summed E-state index contributed by atoms with van der Waals surface area (Å²) < 4.78 is 0. The van der Waals surface area contributed by atoms with E-state index >= 15 is 0 Å². The normalized spacial score (nSPS) is 22.9. The van der Waals surface area contributed by atoms with Crippen molar-refractivity contribution in [2.24, 2.45) is 5.92 Å². The summed E-state index contributed by atoms with van der Waals surface area (Å²) in [5, 5.41) is 0. The van der Waals surface area contributed by atoms with Gasteiger partial charge < -0.3 is 9.80 Å². The highest BCUT2D eigenvalue weighted by atomic mass is 16.2. The molecule has 2 amide bonds. The molecule has 0 aromatic heterocycles. The highest BCUT2D eigenvalue weighted by molar-refractivity contribution is 5.98. The van der Waals surface area contributed by atoms with Crippen LogP contribution in [-0.4, -0.2) is 36.3 Å². The van der Waals surface area contributed by atoms with Crippen LogP contribution in [0.3, 0.4) is 0 Å². The summed E-state index contributed by atoms with van der Waals surface area (Å²) >= 11 is 0. The van der Waals surface area contributed by atoms with Crippen molar-refractivity contribution >= 4 is 17.5 Å². The highest BCUT2D eigenvalue weighted by Crippen LogP contribution is 2.30. The maximum absolute atomic E-state index is 12.7. The molecule has 0 N–H and O–H groups in total. The van der Waals surface area contributed by atoms with Crippen LogP contribution in [0, 0.1) is 5.92 Å². The van der Waals surface area contributed by atoms with Gasteiger partial charge in [0.15, 0.2) is 0 Å². The predicted octanol–water partition coefficient (Wildman–Crippen LogP) is 2.83. The van der Waals surface area contributed by atoms with Gasteiger partial charge in [0.1, 0.15) is 0 Å². The number of likely N-dealkylation sites (tertiary alicyclic amines) is 1. The van der Waals surface area contributed by atoms with Crippen LogP contribution in [0.4, 0.5) is 5.69 Å². The molecule has 2 aliphatic rings. The van der Waals surface area contributed by atoms with Crippen molar-refractivity contribution in [3.8, 4) is 0 Å². The average Bonchev–Trinajstić information content (AvgIpc) is 2.97. The molecular formula is C18H24N2O2. The number of nitrogens with zero attached hydrogens (tertiary/aromatic N) is 2. The van der Waals surface area contributed by atoms with Crippen LogP contribution in [0.25, 0.3) is 0 Å². The van der Waals surface area contributed by atoms with E-state index in [-0.39, 0.29) is 17.7 Å². The molecule has 4 nitrogen and oxygen atoms in total. The SMILES string of the molecule is CN(C(=O)C1CC(=O)N(C2CCCCC2)C1)c1ccccc1. The second-order valence-corrected chi connectivity index (χ2v) is 6.47. The zero-order chi connectivity index (χ0) is 15.5.